The summed E-state index contributed by atoms with van der Waals surface area (Å²) in [5.41, 5.74) is 7.07. The van der Waals surface area contributed by atoms with E-state index in [-0.39, 0.29) is 6.04 Å². The van der Waals surface area contributed by atoms with E-state index < -0.39 is 0 Å². The maximum atomic E-state index is 5.95. The number of aromatic nitrogens is 1. The monoisotopic (exact) mass is 221 g/mol. The molecule has 0 radical (unpaired) electrons. The lowest BCUT2D eigenvalue weighted by Crippen LogP contribution is -2.26. The van der Waals surface area contributed by atoms with Crippen molar-refractivity contribution in [3.05, 3.63) is 23.9 Å². The average molecular weight is 221 g/mol. The summed E-state index contributed by atoms with van der Waals surface area (Å²) >= 11 is 0. The van der Waals surface area contributed by atoms with Gasteiger partial charge in [0, 0.05) is 31.4 Å². The molecule has 1 aromatic rings. The highest BCUT2D eigenvalue weighted by atomic mass is 15.2. The van der Waals surface area contributed by atoms with Crippen molar-refractivity contribution in [1.29, 1.82) is 0 Å². The fourth-order valence-electron chi connectivity index (χ4n) is 1.77. The first-order valence-corrected chi connectivity index (χ1v) is 5.97. The van der Waals surface area contributed by atoms with Crippen molar-refractivity contribution in [3.63, 3.8) is 0 Å². The molecule has 0 amide bonds. The summed E-state index contributed by atoms with van der Waals surface area (Å²) in [5, 5.41) is 0. The highest BCUT2D eigenvalue weighted by molar-refractivity contribution is 5.47. The van der Waals surface area contributed by atoms with Gasteiger partial charge < -0.3 is 10.6 Å². The second kappa shape index (κ2) is 5.85. The number of pyridine rings is 1. The van der Waals surface area contributed by atoms with Crippen molar-refractivity contribution < 1.29 is 0 Å². The Hall–Kier alpha value is -1.09. The maximum Gasteiger partial charge on any atom is 0.133 e. The molecule has 0 aliphatic carbocycles. The van der Waals surface area contributed by atoms with Crippen LogP contribution in [0.25, 0.3) is 0 Å². The van der Waals surface area contributed by atoms with Gasteiger partial charge in [-0.1, -0.05) is 26.3 Å². The third kappa shape index (κ3) is 3.20. The van der Waals surface area contributed by atoms with Gasteiger partial charge in [0.2, 0.25) is 0 Å². The molecular formula is C13H23N3. The second-order valence-electron chi connectivity index (χ2n) is 4.60. The number of hydrogen-bond acceptors (Lipinski definition) is 3. The summed E-state index contributed by atoms with van der Waals surface area (Å²) in [6, 6.07) is 4.03. The van der Waals surface area contributed by atoms with Crippen LogP contribution in [0.5, 0.6) is 0 Å². The van der Waals surface area contributed by atoms with E-state index in [0.29, 0.717) is 5.92 Å². The van der Waals surface area contributed by atoms with E-state index in [2.05, 4.69) is 36.8 Å². The van der Waals surface area contributed by atoms with E-state index in [9.17, 15) is 0 Å². The molecule has 0 saturated heterocycles. The summed E-state index contributed by atoms with van der Waals surface area (Å²) in [7, 11) is 2.08. The molecule has 1 aromatic heterocycles. The normalized spacial score (nSPS) is 14.6. The van der Waals surface area contributed by atoms with Crippen LogP contribution in [-0.4, -0.2) is 18.6 Å². The summed E-state index contributed by atoms with van der Waals surface area (Å²) in [5.74, 6) is 1.69. The Labute approximate surface area is 98.7 Å². The molecule has 16 heavy (non-hydrogen) atoms. The number of rotatable bonds is 5. The van der Waals surface area contributed by atoms with Gasteiger partial charge in [0.1, 0.15) is 5.82 Å². The molecule has 1 heterocycles. The van der Waals surface area contributed by atoms with Crippen molar-refractivity contribution in [2.45, 2.75) is 33.2 Å². The van der Waals surface area contributed by atoms with E-state index >= 15 is 0 Å². The first kappa shape index (κ1) is 13.0. The molecule has 0 spiro atoms. The summed E-state index contributed by atoms with van der Waals surface area (Å²) in [6.45, 7) is 7.49. The Balaban J connectivity index is 2.85. The molecule has 2 atom stereocenters. The minimum atomic E-state index is 0.0306. The SMILES string of the molecule is CCC(C)CN(C)c1ncccc1[C@H](C)N. The van der Waals surface area contributed by atoms with Gasteiger partial charge >= 0.3 is 0 Å². The van der Waals surface area contributed by atoms with Crippen LogP contribution < -0.4 is 10.6 Å². The minimum absolute atomic E-state index is 0.0306. The number of nitrogens with two attached hydrogens (primary N) is 1. The molecular weight excluding hydrogens is 198 g/mol. The van der Waals surface area contributed by atoms with Crippen molar-refractivity contribution in [3.8, 4) is 0 Å². The lowest BCUT2D eigenvalue weighted by molar-refractivity contribution is 0.556. The molecule has 3 nitrogen and oxygen atoms in total. The minimum Gasteiger partial charge on any atom is -0.359 e. The Kier molecular flexibility index (Phi) is 4.74. The molecule has 0 fully saturated rings. The summed E-state index contributed by atoms with van der Waals surface area (Å²) in [4.78, 5) is 6.63. The van der Waals surface area contributed by atoms with E-state index in [1.807, 2.05) is 19.2 Å². The van der Waals surface area contributed by atoms with E-state index in [1.54, 1.807) is 0 Å². The first-order valence-electron chi connectivity index (χ1n) is 5.97. The van der Waals surface area contributed by atoms with Crippen molar-refractivity contribution in [2.75, 3.05) is 18.5 Å². The zero-order valence-electron chi connectivity index (χ0n) is 10.8. The topological polar surface area (TPSA) is 42.2 Å². The molecule has 90 valence electrons. The van der Waals surface area contributed by atoms with Crippen LogP contribution in [0, 0.1) is 5.92 Å². The molecule has 2 N–H and O–H groups in total. The van der Waals surface area contributed by atoms with Gasteiger partial charge in [0.05, 0.1) is 0 Å². The van der Waals surface area contributed by atoms with Gasteiger partial charge in [-0.15, -0.1) is 0 Å². The Morgan fingerprint density at radius 1 is 1.44 bits per heavy atom. The standard InChI is InChI=1S/C13H23N3/c1-5-10(2)9-16(4)13-12(11(3)14)7-6-8-15-13/h6-8,10-11H,5,9,14H2,1-4H3/t10?,11-/m0/s1. The summed E-state index contributed by atoms with van der Waals surface area (Å²) < 4.78 is 0. The van der Waals surface area contributed by atoms with Gasteiger partial charge in [-0.05, 0) is 18.9 Å². The average Bonchev–Trinajstić information content (AvgIpc) is 2.28. The number of anilines is 1. The molecule has 0 aromatic carbocycles. The predicted molar refractivity (Wildman–Crippen MR) is 69.6 cm³/mol. The Bertz CT molecular complexity index is 323. The zero-order valence-corrected chi connectivity index (χ0v) is 10.8. The Morgan fingerprint density at radius 2 is 2.12 bits per heavy atom. The summed E-state index contributed by atoms with van der Waals surface area (Å²) in [6.07, 6.45) is 3.01. The van der Waals surface area contributed by atoms with Crippen molar-refractivity contribution in [1.82, 2.24) is 4.98 Å². The van der Waals surface area contributed by atoms with E-state index in [4.69, 9.17) is 5.73 Å². The fraction of sp³-hybridized carbons (Fsp3) is 0.615. The molecule has 1 rings (SSSR count). The van der Waals surface area contributed by atoms with Gasteiger partial charge in [-0.25, -0.2) is 4.98 Å². The van der Waals surface area contributed by atoms with Crippen LogP contribution in [0.15, 0.2) is 18.3 Å². The molecule has 0 aliphatic rings. The van der Waals surface area contributed by atoms with Gasteiger partial charge in [0.15, 0.2) is 0 Å². The fourth-order valence-corrected chi connectivity index (χ4v) is 1.77. The maximum absolute atomic E-state index is 5.95. The molecule has 3 heteroatoms. The van der Waals surface area contributed by atoms with Crippen molar-refractivity contribution >= 4 is 5.82 Å². The molecule has 0 saturated carbocycles. The quantitative estimate of drug-likeness (QED) is 0.831. The lowest BCUT2D eigenvalue weighted by Gasteiger charge is -2.25. The second-order valence-corrected chi connectivity index (χ2v) is 4.60. The molecule has 0 aliphatic heterocycles. The van der Waals surface area contributed by atoms with Crippen LogP contribution in [0.4, 0.5) is 5.82 Å². The highest BCUT2D eigenvalue weighted by Crippen LogP contribution is 2.22. The van der Waals surface area contributed by atoms with Crippen molar-refractivity contribution in [2.24, 2.45) is 11.7 Å². The zero-order chi connectivity index (χ0) is 12.1. The van der Waals surface area contributed by atoms with Crippen LogP contribution in [0.2, 0.25) is 0 Å². The first-order chi connectivity index (χ1) is 7.56. The lowest BCUT2D eigenvalue weighted by atomic mass is 10.1. The van der Waals surface area contributed by atoms with Crippen LogP contribution in [-0.2, 0) is 0 Å². The number of hydrogen-bond donors (Lipinski definition) is 1. The van der Waals surface area contributed by atoms with Gasteiger partial charge in [-0.2, -0.15) is 0 Å². The Morgan fingerprint density at radius 3 is 2.69 bits per heavy atom. The largest absolute Gasteiger partial charge is 0.359 e. The highest BCUT2D eigenvalue weighted by Gasteiger charge is 2.13. The molecule has 1 unspecified atom stereocenters. The predicted octanol–water partition coefficient (Wildman–Crippen LogP) is 2.58. The third-order valence-electron chi connectivity index (χ3n) is 2.95. The smallest absolute Gasteiger partial charge is 0.133 e. The van der Waals surface area contributed by atoms with E-state index in [0.717, 1.165) is 17.9 Å². The van der Waals surface area contributed by atoms with Gasteiger partial charge in [-0.3, -0.25) is 0 Å². The van der Waals surface area contributed by atoms with Crippen LogP contribution in [0.3, 0.4) is 0 Å². The molecule has 0 bridgehead atoms. The third-order valence-corrected chi connectivity index (χ3v) is 2.95. The number of nitrogens with zero attached hydrogens (tertiary/aromatic N) is 2. The van der Waals surface area contributed by atoms with Crippen LogP contribution in [0.1, 0.15) is 38.8 Å². The van der Waals surface area contributed by atoms with Gasteiger partial charge in [0.25, 0.3) is 0 Å². The van der Waals surface area contributed by atoms with E-state index in [1.165, 1.54) is 6.42 Å². The van der Waals surface area contributed by atoms with Crippen LogP contribution >= 0.6 is 0 Å².